The van der Waals surface area contributed by atoms with Crippen molar-refractivity contribution in [2.24, 2.45) is 11.7 Å². The van der Waals surface area contributed by atoms with Crippen molar-refractivity contribution in [1.82, 2.24) is 15.1 Å². The highest BCUT2D eigenvalue weighted by Gasteiger charge is 2.20. The Labute approximate surface area is 114 Å². The average Bonchev–Trinajstić information content (AvgIpc) is 2.77. The van der Waals surface area contributed by atoms with Gasteiger partial charge in [-0.3, -0.25) is 0 Å². The normalized spacial score (nSPS) is 13.0. The molecule has 2 aromatic rings. The van der Waals surface area contributed by atoms with E-state index >= 15 is 0 Å². The molecule has 0 aliphatic heterocycles. The summed E-state index contributed by atoms with van der Waals surface area (Å²) < 4.78 is 5.11. The van der Waals surface area contributed by atoms with Gasteiger partial charge in [-0.1, -0.05) is 42.2 Å². The second-order valence-electron chi connectivity index (χ2n) is 4.21. The second-order valence-corrected chi connectivity index (χ2v) is 5.05. The molecule has 0 saturated carbocycles. The monoisotopic (exact) mass is 286 g/mol. The molecular formula is C11H12Cl2N4O. The predicted molar refractivity (Wildman–Crippen MR) is 69.3 cm³/mol. The lowest BCUT2D eigenvalue weighted by atomic mass is 10.1. The molecule has 0 amide bonds. The molecule has 1 atom stereocenters. The zero-order valence-electron chi connectivity index (χ0n) is 9.89. The highest BCUT2D eigenvalue weighted by molar-refractivity contribution is 6.35. The van der Waals surface area contributed by atoms with Crippen molar-refractivity contribution >= 4 is 23.2 Å². The van der Waals surface area contributed by atoms with Crippen molar-refractivity contribution in [2.45, 2.75) is 19.9 Å². The quantitative estimate of drug-likeness (QED) is 0.938. The van der Waals surface area contributed by atoms with Gasteiger partial charge in [-0.2, -0.15) is 4.98 Å². The van der Waals surface area contributed by atoms with Gasteiger partial charge in [0.2, 0.25) is 11.7 Å². The number of pyridine rings is 1. The smallest absolute Gasteiger partial charge is 0.244 e. The van der Waals surface area contributed by atoms with Crippen LogP contribution in [-0.2, 0) is 0 Å². The van der Waals surface area contributed by atoms with Crippen LogP contribution in [0, 0.1) is 5.92 Å². The van der Waals surface area contributed by atoms with Crippen molar-refractivity contribution < 1.29 is 4.52 Å². The fourth-order valence-corrected chi connectivity index (χ4v) is 1.80. The molecule has 18 heavy (non-hydrogen) atoms. The van der Waals surface area contributed by atoms with Crippen LogP contribution in [0.5, 0.6) is 0 Å². The molecule has 2 N–H and O–H groups in total. The van der Waals surface area contributed by atoms with Gasteiger partial charge in [0.05, 0.1) is 16.1 Å². The van der Waals surface area contributed by atoms with Crippen molar-refractivity contribution in [3.05, 3.63) is 28.2 Å². The molecule has 0 aliphatic carbocycles. The van der Waals surface area contributed by atoms with Gasteiger partial charge >= 0.3 is 0 Å². The van der Waals surface area contributed by atoms with Gasteiger partial charge in [-0.25, -0.2) is 4.98 Å². The molecule has 0 saturated heterocycles. The molecule has 5 nitrogen and oxygen atoms in total. The third-order valence-corrected chi connectivity index (χ3v) is 2.96. The molecule has 1 unspecified atom stereocenters. The molecule has 0 aromatic carbocycles. The van der Waals surface area contributed by atoms with E-state index in [4.69, 9.17) is 33.5 Å². The zero-order chi connectivity index (χ0) is 13.3. The maximum absolute atomic E-state index is 6.02. The largest absolute Gasteiger partial charge is 0.337 e. The van der Waals surface area contributed by atoms with Crippen LogP contribution in [-0.4, -0.2) is 15.1 Å². The predicted octanol–water partition coefficient (Wildman–Crippen LogP) is 3.09. The van der Waals surface area contributed by atoms with Gasteiger partial charge in [0.1, 0.15) is 5.69 Å². The van der Waals surface area contributed by atoms with E-state index in [2.05, 4.69) is 15.1 Å². The van der Waals surface area contributed by atoms with Gasteiger partial charge < -0.3 is 10.3 Å². The summed E-state index contributed by atoms with van der Waals surface area (Å²) in [7, 11) is 0. The first-order valence-electron chi connectivity index (χ1n) is 5.39. The number of halogens is 2. The van der Waals surface area contributed by atoms with Crippen molar-refractivity contribution in [3.63, 3.8) is 0 Å². The van der Waals surface area contributed by atoms with Gasteiger partial charge in [0.15, 0.2) is 0 Å². The van der Waals surface area contributed by atoms with E-state index in [1.54, 1.807) is 6.07 Å². The molecule has 0 spiro atoms. The van der Waals surface area contributed by atoms with Crippen LogP contribution in [0.15, 0.2) is 16.8 Å². The van der Waals surface area contributed by atoms with Crippen LogP contribution in [0.4, 0.5) is 0 Å². The zero-order valence-corrected chi connectivity index (χ0v) is 11.4. The van der Waals surface area contributed by atoms with Crippen molar-refractivity contribution in [1.29, 1.82) is 0 Å². The SMILES string of the molecule is CC(C)C(N)c1nc(-c2ncc(Cl)cc2Cl)no1. The van der Waals surface area contributed by atoms with E-state index in [1.165, 1.54) is 6.20 Å². The average molecular weight is 287 g/mol. The minimum atomic E-state index is -0.308. The molecule has 0 fully saturated rings. The van der Waals surface area contributed by atoms with Gasteiger partial charge in [-0.15, -0.1) is 0 Å². The highest BCUT2D eigenvalue weighted by Crippen LogP contribution is 2.27. The molecule has 0 aliphatic rings. The number of aromatic nitrogens is 3. The summed E-state index contributed by atoms with van der Waals surface area (Å²) in [5.41, 5.74) is 6.34. The van der Waals surface area contributed by atoms with E-state index in [0.29, 0.717) is 27.5 Å². The van der Waals surface area contributed by atoms with E-state index in [1.807, 2.05) is 13.8 Å². The lowest BCUT2D eigenvalue weighted by Gasteiger charge is -2.09. The van der Waals surface area contributed by atoms with Crippen molar-refractivity contribution in [3.8, 4) is 11.5 Å². The summed E-state index contributed by atoms with van der Waals surface area (Å²) in [6.07, 6.45) is 1.47. The number of hydrogen-bond acceptors (Lipinski definition) is 5. The summed E-state index contributed by atoms with van der Waals surface area (Å²) in [6.45, 7) is 3.95. The Kier molecular flexibility index (Phi) is 3.85. The maximum Gasteiger partial charge on any atom is 0.244 e. The van der Waals surface area contributed by atoms with Crippen LogP contribution < -0.4 is 5.73 Å². The Bertz CT molecular complexity index is 556. The molecule has 2 rings (SSSR count). The Balaban J connectivity index is 2.35. The van der Waals surface area contributed by atoms with E-state index < -0.39 is 0 Å². The molecule has 96 valence electrons. The van der Waals surface area contributed by atoms with E-state index in [9.17, 15) is 0 Å². The number of hydrogen-bond donors (Lipinski definition) is 1. The maximum atomic E-state index is 6.02. The summed E-state index contributed by atoms with van der Waals surface area (Å²) in [4.78, 5) is 8.28. The Hall–Kier alpha value is -1.17. The van der Waals surface area contributed by atoms with E-state index in [-0.39, 0.29) is 12.0 Å². The van der Waals surface area contributed by atoms with Crippen molar-refractivity contribution in [2.75, 3.05) is 0 Å². The first kappa shape index (κ1) is 13.3. The van der Waals surface area contributed by atoms with Crippen LogP contribution in [0.3, 0.4) is 0 Å². The molecule has 0 radical (unpaired) electrons. The Morgan fingerprint density at radius 2 is 2.06 bits per heavy atom. The number of nitrogens with two attached hydrogens (primary N) is 1. The van der Waals surface area contributed by atoms with Crippen LogP contribution in [0.2, 0.25) is 10.0 Å². The molecule has 2 aromatic heterocycles. The van der Waals surface area contributed by atoms with E-state index in [0.717, 1.165) is 0 Å². The number of nitrogens with zero attached hydrogens (tertiary/aromatic N) is 3. The molecule has 2 heterocycles. The summed E-state index contributed by atoms with van der Waals surface area (Å²) >= 11 is 11.8. The second kappa shape index (κ2) is 5.22. The third-order valence-electron chi connectivity index (χ3n) is 2.46. The summed E-state index contributed by atoms with van der Waals surface area (Å²) in [5, 5.41) is 4.64. The third kappa shape index (κ3) is 2.63. The fraction of sp³-hybridized carbons (Fsp3) is 0.364. The van der Waals surface area contributed by atoms with Gasteiger partial charge in [0, 0.05) is 6.20 Å². The Morgan fingerprint density at radius 1 is 1.33 bits per heavy atom. The van der Waals surface area contributed by atoms with Crippen LogP contribution in [0.1, 0.15) is 25.8 Å². The molecule has 7 heteroatoms. The lowest BCUT2D eigenvalue weighted by Crippen LogP contribution is -2.16. The van der Waals surface area contributed by atoms with Gasteiger partial charge in [-0.05, 0) is 12.0 Å². The summed E-state index contributed by atoms with van der Waals surface area (Å²) in [5.74, 6) is 0.877. The summed E-state index contributed by atoms with van der Waals surface area (Å²) in [6, 6.07) is 1.27. The first-order valence-corrected chi connectivity index (χ1v) is 6.15. The topological polar surface area (TPSA) is 77.8 Å². The molecular weight excluding hydrogens is 275 g/mol. The fourth-order valence-electron chi connectivity index (χ4n) is 1.33. The van der Waals surface area contributed by atoms with Crippen LogP contribution >= 0.6 is 23.2 Å². The lowest BCUT2D eigenvalue weighted by molar-refractivity contribution is 0.325. The highest BCUT2D eigenvalue weighted by atomic mass is 35.5. The van der Waals surface area contributed by atoms with Crippen LogP contribution in [0.25, 0.3) is 11.5 Å². The minimum absolute atomic E-state index is 0.201. The Morgan fingerprint density at radius 3 is 2.67 bits per heavy atom. The first-order chi connectivity index (χ1) is 8.49. The van der Waals surface area contributed by atoms with Gasteiger partial charge in [0.25, 0.3) is 0 Å². The number of rotatable bonds is 3. The molecule has 0 bridgehead atoms. The standard InChI is InChI=1S/C11H12Cl2N4O/c1-5(2)8(14)11-16-10(17-18-11)9-7(13)3-6(12)4-15-9/h3-5,8H,14H2,1-2H3. The minimum Gasteiger partial charge on any atom is -0.337 e.